The number of methoxy groups -OCH3 is 2. The maximum atomic E-state index is 13.0. The van der Waals surface area contributed by atoms with Crippen molar-refractivity contribution in [3.05, 3.63) is 59.0 Å². The summed E-state index contributed by atoms with van der Waals surface area (Å²) in [5, 5.41) is 3.90. The third kappa shape index (κ3) is 4.23. The van der Waals surface area contributed by atoms with Crippen molar-refractivity contribution in [1.29, 1.82) is 0 Å². The van der Waals surface area contributed by atoms with Gasteiger partial charge in [-0.1, -0.05) is 17.3 Å². The van der Waals surface area contributed by atoms with Crippen molar-refractivity contribution in [3.63, 3.8) is 0 Å². The lowest BCUT2D eigenvalue weighted by atomic mass is 9.97. The van der Waals surface area contributed by atoms with E-state index in [1.807, 2.05) is 19.1 Å². The largest absolute Gasteiger partial charge is 0.493 e. The fourth-order valence-electron chi connectivity index (χ4n) is 3.75. The molecule has 3 aromatic rings. The fraction of sp³-hybridized carbons (Fsp3) is 0.364. The first-order valence-electron chi connectivity index (χ1n) is 9.79. The minimum absolute atomic E-state index is 0.136. The molecule has 2 heterocycles. The van der Waals surface area contributed by atoms with Crippen LogP contribution in [-0.2, 0) is 19.1 Å². The second-order valence-electron chi connectivity index (χ2n) is 7.41. The number of rotatable bonds is 5. The second-order valence-corrected chi connectivity index (χ2v) is 7.41. The lowest BCUT2D eigenvalue weighted by molar-refractivity contribution is -0.137. The van der Waals surface area contributed by atoms with Crippen LogP contribution in [0.25, 0.3) is 11.4 Å². The quantitative estimate of drug-likeness (QED) is 0.571. The maximum Gasteiger partial charge on any atom is 0.416 e. The minimum Gasteiger partial charge on any atom is -0.493 e. The number of hydrogen-bond donors (Lipinski definition) is 0. The van der Waals surface area contributed by atoms with E-state index in [0.29, 0.717) is 23.9 Å². The summed E-state index contributed by atoms with van der Waals surface area (Å²) in [5.41, 5.74) is 1.82. The van der Waals surface area contributed by atoms with Gasteiger partial charge in [-0.05, 0) is 48.7 Å². The van der Waals surface area contributed by atoms with Crippen LogP contribution in [0.1, 0.15) is 35.5 Å². The van der Waals surface area contributed by atoms with Gasteiger partial charge >= 0.3 is 6.18 Å². The van der Waals surface area contributed by atoms with Crippen LogP contribution in [0.15, 0.2) is 40.9 Å². The van der Waals surface area contributed by atoms with Crippen LogP contribution in [0.4, 0.5) is 13.2 Å². The van der Waals surface area contributed by atoms with Gasteiger partial charge in [0.25, 0.3) is 0 Å². The maximum absolute atomic E-state index is 13.0. The van der Waals surface area contributed by atoms with Crippen LogP contribution in [-0.4, -0.2) is 35.8 Å². The number of aromatic nitrogens is 2. The van der Waals surface area contributed by atoms with Crippen molar-refractivity contribution in [2.24, 2.45) is 0 Å². The Morgan fingerprint density at radius 1 is 1.06 bits per heavy atom. The highest BCUT2D eigenvalue weighted by molar-refractivity contribution is 5.56. The Hall–Kier alpha value is -3.07. The summed E-state index contributed by atoms with van der Waals surface area (Å²) in [7, 11) is 3.21. The Balaban J connectivity index is 1.54. The minimum atomic E-state index is -4.43. The fourth-order valence-corrected chi connectivity index (χ4v) is 3.75. The van der Waals surface area contributed by atoms with E-state index < -0.39 is 11.7 Å². The third-order valence-corrected chi connectivity index (χ3v) is 5.54. The van der Waals surface area contributed by atoms with E-state index in [1.54, 1.807) is 14.2 Å². The van der Waals surface area contributed by atoms with Crippen molar-refractivity contribution in [3.8, 4) is 22.9 Å². The lowest BCUT2D eigenvalue weighted by Gasteiger charge is -2.32. The lowest BCUT2D eigenvalue weighted by Crippen LogP contribution is -2.33. The van der Waals surface area contributed by atoms with Crippen molar-refractivity contribution < 1.29 is 27.2 Å². The number of halogens is 3. The first kappa shape index (κ1) is 21.2. The molecule has 0 amide bonds. The van der Waals surface area contributed by atoms with Crippen LogP contribution in [0.3, 0.4) is 0 Å². The molecule has 2 aromatic carbocycles. The molecule has 4 rings (SSSR count). The van der Waals surface area contributed by atoms with Crippen molar-refractivity contribution in [1.82, 2.24) is 15.0 Å². The molecule has 1 aliphatic rings. The topological polar surface area (TPSA) is 60.6 Å². The van der Waals surface area contributed by atoms with Gasteiger partial charge in [0.1, 0.15) is 0 Å². The van der Waals surface area contributed by atoms with Gasteiger partial charge in [-0.3, -0.25) is 4.90 Å². The monoisotopic (exact) mass is 433 g/mol. The summed E-state index contributed by atoms with van der Waals surface area (Å²) in [6.45, 7) is 3.36. The zero-order valence-electron chi connectivity index (χ0n) is 17.4. The predicted molar refractivity (Wildman–Crippen MR) is 107 cm³/mol. The first-order chi connectivity index (χ1) is 14.8. The summed E-state index contributed by atoms with van der Waals surface area (Å²) >= 11 is 0. The number of hydrogen-bond acceptors (Lipinski definition) is 6. The van der Waals surface area contributed by atoms with E-state index in [0.717, 1.165) is 30.7 Å². The van der Waals surface area contributed by atoms with Crippen LogP contribution >= 0.6 is 0 Å². The SMILES string of the molecule is COc1cc2c(cc1OC)CN(C(C)c1nc(-c3cccc(C(F)(F)F)c3)no1)CC2. The van der Waals surface area contributed by atoms with Gasteiger partial charge in [-0.25, -0.2) is 0 Å². The van der Waals surface area contributed by atoms with E-state index in [1.165, 1.54) is 17.7 Å². The van der Waals surface area contributed by atoms with Crippen molar-refractivity contribution >= 4 is 0 Å². The highest BCUT2D eigenvalue weighted by atomic mass is 19.4. The molecule has 1 aliphatic heterocycles. The molecule has 0 fully saturated rings. The standard InChI is InChI=1S/C22H22F3N3O3/c1-13(28-8-7-14-10-18(29-2)19(30-3)11-16(14)12-28)21-26-20(27-31-21)15-5-4-6-17(9-15)22(23,24)25/h4-6,9-11,13H,7-8,12H2,1-3H3. The molecule has 9 heteroatoms. The van der Waals surface area contributed by atoms with Gasteiger partial charge in [-0.2, -0.15) is 18.2 Å². The highest BCUT2D eigenvalue weighted by Crippen LogP contribution is 2.36. The Kier molecular flexibility index (Phi) is 5.62. The smallest absolute Gasteiger partial charge is 0.416 e. The number of ether oxygens (including phenoxy) is 2. The Morgan fingerprint density at radius 3 is 2.45 bits per heavy atom. The van der Waals surface area contributed by atoms with Gasteiger partial charge < -0.3 is 14.0 Å². The molecule has 0 radical (unpaired) electrons. The van der Waals surface area contributed by atoms with Crippen molar-refractivity contribution in [2.75, 3.05) is 20.8 Å². The van der Waals surface area contributed by atoms with Crippen LogP contribution in [0, 0.1) is 0 Å². The Labute approximate surface area is 177 Å². The number of alkyl halides is 3. The zero-order valence-corrected chi connectivity index (χ0v) is 17.4. The van der Waals surface area contributed by atoms with Gasteiger partial charge in [0.05, 0.1) is 25.8 Å². The summed E-state index contributed by atoms with van der Waals surface area (Å²) in [4.78, 5) is 6.54. The van der Waals surface area contributed by atoms with E-state index in [4.69, 9.17) is 14.0 Å². The molecule has 6 nitrogen and oxygen atoms in total. The first-order valence-corrected chi connectivity index (χ1v) is 9.79. The van der Waals surface area contributed by atoms with Gasteiger partial charge in [0.2, 0.25) is 11.7 Å². The Bertz CT molecular complexity index is 1080. The normalized spacial score (nSPS) is 15.4. The molecule has 1 aromatic heterocycles. The molecule has 164 valence electrons. The zero-order chi connectivity index (χ0) is 22.2. The summed E-state index contributed by atoms with van der Waals surface area (Å²) in [6, 6.07) is 8.67. The summed E-state index contributed by atoms with van der Waals surface area (Å²) in [6.07, 6.45) is -3.62. The summed E-state index contributed by atoms with van der Waals surface area (Å²) in [5.74, 6) is 1.86. The molecule has 0 aliphatic carbocycles. The second kappa shape index (κ2) is 8.22. The van der Waals surface area contributed by atoms with Gasteiger partial charge in [0.15, 0.2) is 11.5 Å². The predicted octanol–water partition coefficient (Wildman–Crippen LogP) is 4.89. The average molecular weight is 433 g/mol. The summed E-state index contributed by atoms with van der Waals surface area (Å²) < 4.78 is 55.2. The molecular formula is C22H22F3N3O3. The van der Waals surface area contributed by atoms with E-state index in [2.05, 4.69) is 15.0 Å². The average Bonchev–Trinajstić information content (AvgIpc) is 3.27. The van der Waals surface area contributed by atoms with Crippen LogP contribution in [0.2, 0.25) is 0 Å². The van der Waals surface area contributed by atoms with E-state index in [-0.39, 0.29) is 17.4 Å². The molecular weight excluding hydrogens is 411 g/mol. The highest BCUT2D eigenvalue weighted by Gasteiger charge is 2.31. The molecule has 0 saturated heterocycles. The molecule has 0 spiro atoms. The van der Waals surface area contributed by atoms with E-state index >= 15 is 0 Å². The number of benzene rings is 2. The van der Waals surface area contributed by atoms with Gasteiger partial charge in [-0.15, -0.1) is 0 Å². The van der Waals surface area contributed by atoms with Crippen LogP contribution < -0.4 is 9.47 Å². The molecule has 0 saturated carbocycles. The molecule has 31 heavy (non-hydrogen) atoms. The van der Waals surface area contributed by atoms with Crippen LogP contribution in [0.5, 0.6) is 11.5 Å². The van der Waals surface area contributed by atoms with Crippen molar-refractivity contribution in [2.45, 2.75) is 32.1 Å². The molecule has 0 N–H and O–H groups in total. The number of nitrogens with zero attached hydrogens (tertiary/aromatic N) is 3. The molecule has 1 atom stereocenters. The Morgan fingerprint density at radius 2 is 1.77 bits per heavy atom. The number of fused-ring (bicyclic) bond motifs is 1. The third-order valence-electron chi connectivity index (χ3n) is 5.54. The van der Waals surface area contributed by atoms with Gasteiger partial charge in [0, 0.05) is 18.7 Å². The van der Waals surface area contributed by atoms with E-state index in [9.17, 15) is 13.2 Å². The molecule has 1 unspecified atom stereocenters. The molecule has 0 bridgehead atoms.